The highest BCUT2D eigenvalue weighted by atomic mass is 19.4. The van der Waals surface area contributed by atoms with Crippen LogP contribution in [-0.4, -0.2) is 33.0 Å². The largest absolute Gasteiger partial charge is 0.480 e. The molecule has 0 saturated carbocycles. The second kappa shape index (κ2) is 6.87. The van der Waals surface area contributed by atoms with Crippen LogP contribution in [0.1, 0.15) is 34.7 Å². The van der Waals surface area contributed by atoms with Gasteiger partial charge in [0.1, 0.15) is 5.82 Å². The van der Waals surface area contributed by atoms with Crippen LogP contribution in [0.5, 0.6) is 5.88 Å². The van der Waals surface area contributed by atoms with Crippen LogP contribution >= 0.6 is 0 Å². The fraction of sp³-hybridized carbons (Fsp3) is 0.263. The zero-order valence-corrected chi connectivity index (χ0v) is 15.5. The monoisotopic (exact) mass is 403 g/mol. The number of hydrogen-bond acceptors (Lipinski definition) is 5. The average Bonchev–Trinajstić information content (AvgIpc) is 3.03. The number of aromatic nitrogens is 4. The van der Waals surface area contributed by atoms with Crippen molar-refractivity contribution in [1.29, 1.82) is 0 Å². The van der Waals surface area contributed by atoms with Gasteiger partial charge in [0.05, 0.1) is 18.4 Å². The molecule has 3 heterocycles. The second-order valence-electron chi connectivity index (χ2n) is 6.62. The summed E-state index contributed by atoms with van der Waals surface area (Å²) in [5.41, 5.74) is 1.25. The number of carbonyl (C=O) groups excluding carboxylic acids is 1. The number of alkyl halides is 3. The minimum atomic E-state index is -4.42. The molecule has 1 N–H and O–H groups in total. The Bertz CT molecular complexity index is 1060. The number of anilines is 1. The van der Waals surface area contributed by atoms with Crippen LogP contribution in [0, 0.1) is 6.92 Å². The minimum Gasteiger partial charge on any atom is -0.480 e. The lowest BCUT2D eigenvalue weighted by Gasteiger charge is -2.24. The summed E-state index contributed by atoms with van der Waals surface area (Å²) in [6.45, 7) is 1.78. The molecule has 1 unspecified atom stereocenters. The van der Waals surface area contributed by atoms with Crippen molar-refractivity contribution >= 4 is 11.7 Å². The number of amides is 1. The number of fused-ring (bicyclic) bond motifs is 1. The molecule has 10 heteroatoms. The van der Waals surface area contributed by atoms with Gasteiger partial charge >= 0.3 is 6.18 Å². The Hall–Kier alpha value is -3.43. The third-order valence-corrected chi connectivity index (χ3v) is 4.80. The highest BCUT2D eigenvalue weighted by Crippen LogP contribution is 2.40. The van der Waals surface area contributed by atoms with Crippen LogP contribution in [0.2, 0.25) is 0 Å². The number of rotatable bonds is 3. The minimum absolute atomic E-state index is 0.110. The van der Waals surface area contributed by atoms with Crippen molar-refractivity contribution < 1.29 is 22.7 Å². The van der Waals surface area contributed by atoms with Gasteiger partial charge in [0.15, 0.2) is 5.82 Å². The Kier molecular flexibility index (Phi) is 4.48. The molecule has 1 amide bonds. The van der Waals surface area contributed by atoms with E-state index in [0.29, 0.717) is 28.8 Å². The summed E-state index contributed by atoms with van der Waals surface area (Å²) in [5.74, 6) is 0.468. The van der Waals surface area contributed by atoms with Crippen molar-refractivity contribution in [3.8, 4) is 11.7 Å². The van der Waals surface area contributed by atoms with Gasteiger partial charge in [0.2, 0.25) is 11.8 Å². The van der Waals surface area contributed by atoms with Crippen molar-refractivity contribution in [2.24, 2.45) is 0 Å². The summed E-state index contributed by atoms with van der Waals surface area (Å²) in [7, 11) is 1.47. The lowest BCUT2D eigenvalue weighted by atomic mass is 9.85. The predicted octanol–water partition coefficient (Wildman–Crippen LogP) is 3.47. The molecule has 2 aromatic heterocycles. The van der Waals surface area contributed by atoms with E-state index < -0.39 is 17.7 Å². The Labute approximate surface area is 163 Å². The quantitative estimate of drug-likeness (QED) is 0.724. The summed E-state index contributed by atoms with van der Waals surface area (Å²) in [5, 5.41) is 15.2. The SMILES string of the molecule is COc1ccc(-n2nc(C)c3c2NC(=O)CC3c2ccc(C(F)(F)F)cc2)nn1. The number of nitrogens with one attached hydrogen (secondary N) is 1. The van der Waals surface area contributed by atoms with E-state index in [0.717, 1.165) is 17.7 Å². The van der Waals surface area contributed by atoms with Crippen LogP contribution in [-0.2, 0) is 11.0 Å². The lowest BCUT2D eigenvalue weighted by molar-refractivity contribution is -0.137. The van der Waals surface area contributed by atoms with Crippen molar-refractivity contribution in [2.75, 3.05) is 12.4 Å². The zero-order chi connectivity index (χ0) is 20.8. The van der Waals surface area contributed by atoms with Crippen molar-refractivity contribution in [1.82, 2.24) is 20.0 Å². The molecule has 0 saturated heterocycles. The molecule has 29 heavy (non-hydrogen) atoms. The fourth-order valence-corrected chi connectivity index (χ4v) is 3.44. The van der Waals surface area contributed by atoms with Gasteiger partial charge in [-0.2, -0.15) is 23.0 Å². The zero-order valence-electron chi connectivity index (χ0n) is 15.5. The molecule has 0 aliphatic carbocycles. The maximum absolute atomic E-state index is 12.9. The normalized spacial score (nSPS) is 16.3. The van der Waals surface area contributed by atoms with Gasteiger partial charge in [-0.15, -0.1) is 10.2 Å². The molecular weight excluding hydrogens is 387 g/mol. The Morgan fingerprint density at radius 3 is 2.45 bits per heavy atom. The lowest BCUT2D eigenvalue weighted by Crippen LogP contribution is -2.25. The number of halogens is 3. The van der Waals surface area contributed by atoms with Gasteiger partial charge in [0, 0.05) is 24.0 Å². The highest BCUT2D eigenvalue weighted by Gasteiger charge is 2.34. The first-order valence-corrected chi connectivity index (χ1v) is 8.72. The van der Waals surface area contributed by atoms with Crippen molar-refractivity contribution in [3.63, 3.8) is 0 Å². The third-order valence-electron chi connectivity index (χ3n) is 4.80. The first-order valence-electron chi connectivity index (χ1n) is 8.72. The topological polar surface area (TPSA) is 81.9 Å². The molecule has 0 radical (unpaired) electrons. The van der Waals surface area contributed by atoms with Crippen molar-refractivity contribution in [3.05, 3.63) is 58.8 Å². The summed E-state index contributed by atoms with van der Waals surface area (Å²) in [4.78, 5) is 12.3. The van der Waals surface area contributed by atoms with E-state index in [1.807, 2.05) is 0 Å². The van der Waals surface area contributed by atoms with Crippen LogP contribution < -0.4 is 10.1 Å². The van der Waals surface area contributed by atoms with E-state index in [-0.39, 0.29) is 12.3 Å². The standard InChI is InChI=1S/C19H16F3N5O2/c1-10-17-13(11-3-5-12(6-4-11)19(20,21)22)9-15(28)23-18(17)27(26-10)14-7-8-16(29-2)25-24-14/h3-8,13H,9H2,1-2H3,(H,23,28). The smallest absolute Gasteiger partial charge is 0.416 e. The number of ether oxygens (including phenoxy) is 1. The van der Waals surface area contributed by atoms with Gasteiger partial charge in [0.25, 0.3) is 0 Å². The first-order chi connectivity index (χ1) is 13.8. The number of nitrogens with zero attached hydrogens (tertiary/aromatic N) is 4. The Morgan fingerprint density at radius 2 is 1.86 bits per heavy atom. The summed E-state index contributed by atoms with van der Waals surface area (Å²) in [6, 6.07) is 8.11. The van der Waals surface area contributed by atoms with Crippen LogP contribution in [0.25, 0.3) is 5.82 Å². The maximum Gasteiger partial charge on any atom is 0.416 e. The molecule has 0 spiro atoms. The van der Waals surface area contributed by atoms with Crippen molar-refractivity contribution in [2.45, 2.75) is 25.4 Å². The molecule has 3 aromatic rings. The molecule has 1 atom stereocenters. The number of methoxy groups -OCH3 is 1. The molecule has 150 valence electrons. The van der Waals surface area contributed by atoms with Gasteiger partial charge in [-0.05, 0) is 30.7 Å². The number of carbonyl (C=O) groups is 1. The van der Waals surface area contributed by atoms with E-state index >= 15 is 0 Å². The molecule has 7 nitrogen and oxygen atoms in total. The van der Waals surface area contributed by atoms with E-state index in [4.69, 9.17) is 4.74 Å². The average molecular weight is 403 g/mol. The second-order valence-corrected chi connectivity index (χ2v) is 6.62. The van der Waals surface area contributed by atoms with E-state index in [1.54, 1.807) is 19.1 Å². The Morgan fingerprint density at radius 1 is 1.14 bits per heavy atom. The summed E-state index contributed by atoms with van der Waals surface area (Å²) >= 11 is 0. The highest BCUT2D eigenvalue weighted by molar-refractivity contribution is 5.95. The third kappa shape index (κ3) is 3.41. The van der Waals surface area contributed by atoms with Crippen LogP contribution in [0.4, 0.5) is 19.0 Å². The first kappa shape index (κ1) is 18.9. The van der Waals surface area contributed by atoms with Gasteiger partial charge in [-0.1, -0.05) is 12.1 Å². The van der Waals surface area contributed by atoms with Gasteiger partial charge in [-0.3, -0.25) is 4.79 Å². The molecular formula is C19H16F3N5O2. The van der Waals surface area contributed by atoms with Crippen LogP contribution in [0.3, 0.4) is 0 Å². The molecule has 0 bridgehead atoms. The number of hydrogen-bond donors (Lipinski definition) is 1. The summed E-state index contributed by atoms with van der Waals surface area (Å²) in [6.07, 6.45) is -4.30. The van der Waals surface area contributed by atoms with Crippen LogP contribution in [0.15, 0.2) is 36.4 Å². The number of benzene rings is 1. The fourth-order valence-electron chi connectivity index (χ4n) is 3.44. The number of aryl methyl sites for hydroxylation is 1. The predicted molar refractivity (Wildman–Crippen MR) is 97.0 cm³/mol. The van der Waals surface area contributed by atoms with Gasteiger partial charge < -0.3 is 10.1 Å². The molecule has 1 aliphatic rings. The van der Waals surface area contributed by atoms with E-state index in [9.17, 15) is 18.0 Å². The summed E-state index contributed by atoms with van der Waals surface area (Å²) < 4.78 is 45.1. The maximum atomic E-state index is 12.9. The molecule has 4 rings (SSSR count). The van der Waals surface area contributed by atoms with E-state index in [1.165, 1.54) is 23.9 Å². The Balaban J connectivity index is 1.77. The molecule has 1 aliphatic heterocycles. The molecule has 1 aromatic carbocycles. The molecule has 0 fully saturated rings. The van der Waals surface area contributed by atoms with Gasteiger partial charge in [-0.25, -0.2) is 0 Å². The van der Waals surface area contributed by atoms with E-state index in [2.05, 4.69) is 20.6 Å².